The summed E-state index contributed by atoms with van der Waals surface area (Å²) >= 11 is 0. The second-order valence-corrected chi connectivity index (χ2v) is 4.47. The summed E-state index contributed by atoms with van der Waals surface area (Å²) in [4.78, 5) is 0. The van der Waals surface area contributed by atoms with E-state index in [1.165, 1.54) is 31.2 Å². The zero-order valence-corrected chi connectivity index (χ0v) is 9.56. The van der Waals surface area contributed by atoms with Crippen LogP contribution < -0.4 is 0 Å². The predicted molar refractivity (Wildman–Crippen MR) is 61.9 cm³/mol. The molecule has 0 fully saturated rings. The van der Waals surface area contributed by atoms with Crippen LogP contribution in [0, 0.1) is 0 Å². The van der Waals surface area contributed by atoms with Gasteiger partial charge in [0.1, 0.15) is 0 Å². The van der Waals surface area contributed by atoms with Crippen LogP contribution in [-0.2, 0) is 19.3 Å². The van der Waals surface area contributed by atoms with Gasteiger partial charge in [0.15, 0.2) is 0 Å². The molecule has 76 valence electrons. The van der Waals surface area contributed by atoms with E-state index in [0.717, 1.165) is 5.92 Å². The third-order valence-corrected chi connectivity index (χ3v) is 3.58. The van der Waals surface area contributed by atoms with Crippen LogP contribution >= 0.6 is 0 Å². The number of rotatable bonds is 2. The van der Waals surface area contributed by atoms with Crippen LogP contribution in [0.5, 0.6) is 0 Å². The summed E-state index contributed by atoms with van der Waals surface area (Å²) in [5.74, 6) is 0.793. The summed E-state index contributed by atoms with van der Waals surface area (Å²) < 4.78 is 0. The molecule has 1 atom stereocenters. The second kappa shape index (κ2) is 3.76. The molecule has 0 N–H and O–H groups in total. The number of hydrogen-bond acceptors (Lipinski definition) is 0. The van der Waals surface area contributed by atoms with Gasteiger partial charge in [0.25, 0.3) is 0 Å². The number of benzene rings is 1. The van der Waals surface area contributed by atoms with Crippen LogP contribution in [-0.4, -0.2) is 0 Å². The Morgan fingerprint density at radius 1 is 1.21 bits per heavy atom. The Kier molecular flexibility index (Phi) is 2.62. The van der Waals surface area contributed by atoms with Gasteiger partial charge >= 0.3 is 0 Å². The highest BCUT2D eigenvalue weighted by atomic mass is 14.3. The number of aryl methyl sites for hydroxylation is 2. The zero-order chi connectivity index (χ0) is 10.1. The molecule has 0 aromatic heterocycles. The van der Waals surface area contributed by atoms with E-state index in [0.29, 0.717) is 0 Å². The Hall–Kier alpha value is -0.780. The first-order valence-electron chi connectivity index (χ1n) is 5.90. The predicted octanol–water partition coefficient (Wildman–Crippen LogP) is 3.86. The summed E-state index contributed by atoms with van der Waals surface area (Å²) in [5.41, 5.74) is 6.43. The fraction of sp³-hybridized carbons (Fsp3) is 0.571. The first-order valence-corrected chi connectivity index (χ1v) is 5.90. The molecule has 1 aromatic carbocycles. The monoisotopic (exact) mass is 188 g/mol. The minimum absolute atomic E-state index is 0.793. The van der Waals surface area contributed by atoms with Crippen LogP contribution in [0.2, 0.25) is 0 Å². The SMILES string of the molecule is CCc1cc(CC)c2c(c1)C(C)CC2. The van der Waals surface area contributed by atoms with Gasteiger partial charge in [-0.15, -0.1) is 0 Å². The summed E-state index contributed by atoms with van der Waals surface area (Å²) in [5, 5.41) is 0. The van der Waals surface area contributed by atoms with Gasteiger partial charge in [-0.1, -0.05) is 32.9 Å². The molecule has 0 saturated carbocycles. The molecular formula is C14H20. The Morgan fingerprint density at radius 3 is 2.64 bits per heavy atom. The topological polar surface area (TPSA) is 0 Å². The molecule has 0 aliphatic heterocycles. The molecule has 0 spiro atoms. The Balaban J connectivity index is 2.52. The minimum Gasteiger partial charge on any atom is -0.0613 e. The second-order valence-electron chi connectivity index (χ2n) is 4.47. The highest BCUT2D eigenvalue weighted by molar-refractivity contribution is 5.44. The third kappa shape index (κ3) is 1.47. The van der Waals surface area contributed by atoms with Crippen molar-refractivity contribution in [2.75, 3.05) is 0 Å². The summed E-state index contributed by atoms with van der Waals surface area (Å²) in [6, 6.07) is 4.85. The van der Waals surface area contributed by atoms with Gasteiger partial charge in [-0.25, -0.2) is 0 Å². The van der Waals surface area contributed by atoms with Crippen LogP contribution in [0.1, 0.15) is 55.4 Å². The number of fused-ring (bicyclic) bond motifs is 1. The highest BCUT2D eigenvalue weighted by Crippen LogP contribution is 2.35. The van der Waals surface area contributed by atoms with E-state index < -0.39 is 0 Å². The molecule has 1 aliphatic carbocycles. The Labute approximate surface area is 87.3 Å². The van der Waals surface area contributed by atoms with Crippen molar-refractivity contribution < 1.29 is 0 Å². The van der Waals surface area contributed by atoms with Gasteiger partial charge < -0.3 is 0 Å². The lowest BCUT2D eigenvalue weighted by Gasteiger charge is -2.11. The maximum Gasteiger partial charge on any atom is -0.0184 e. The van der Waals surface area contributed by atoms with Crippen LogP contribution in [0.15, 0.2) is 12.1 Å². The molecule has 0 heterocycles. The molecule has 14 heavy (non-hydrogen) atoms. The molecule has 1 aromatic rings. The van der Waals surface area contributed by atoms with Crippen LogP contribution in [0.25, 0.3) is 0 Å². The molecule has 0 heteroatoms. The van der Waals surface area contributed by atoms with Crippen molar-refractivity contribution in [2.24, 2.45) is 0 Å². The molecule has 0 radical (unpaired) electrons. The summed E-state index contributed by atoms with van der Waals surface area (Å²) in [6.45, 7) is 6.89. The van der Waals surface area contributed by atoms with Gasteiger partial charge in [0.05, 0.1) is 0 Å². The summed E-state index contributed by atoms with van der Waals surface area (Å²) in [6.07, 6.45) is 5.04. The fourth-order valence-corrected chi connectivity index (χ4v) is 2.61. The fourth-order valence-electron chi connectivity index (χ4n) is 2.61. The van der Waals surface area contributed by atoms with Crippen molar-refractivity contribution in [1.82, 2.24) is 0 Å². The standard InChI is InChI=1S/C14H20/c1-4-11-8-12(5-2)13-7-6-10(3)14(13)9-11/h8-10H,4-7H2,1-3H3. The summed E-state index contributed by atoms with van der Waals surface area (Å²) in [7, 11) is 0. The average Bonchev–Trinajstić information content (AvgIpc) is 2.59. The van der Waals surface area contributed by atoms with Gasteiger partial charge in [0.2, 0.25) is 0 Å². The first kappa shape index (κ1) is 9.76. The molecule has 2 rings (SSSR count). The van der Waals surface area contributed by atoms with Gasteiger partial charge in [-0.3, -0.25) is 0 Å². The van der Waals surface area contributed by atoms with Crippen molar-refractivity contribution in [2.45, 2.75) is 52.4 Å². The smallest absolute Gasteiger partial charge is 0.0184 e. The molecule has 1 unspecified atom stereocenters. The third-order valence-electron chi connectivity index (χ3n) is 3.58. The lowest BCUT2D eigenvalue weighted by Crippen LogP contribution is -1.96. The van der Waals surface area contributed by atoms with Crippen molar-refractivity contribution in [1.29, 1.82) is 0 Å². The van der Waals surface area contributed by atoms with Crippen LogP contribution in [0.3, 0.4) is 0 Å². The van der Waals surface area contributed by atoms with E-state index in [9.17, 15) is 0 Å². The maximum atomic E-state index is 2.44. The molecule has 0 amide bonds. The average molecular weight is 188 g/mol. The molecule has 0 saturated heterocycles. The van der Waals surface area contributed by atoms with E-state index in [-0.39, 0.29) is 0 Å². The molecule has 1 aliphatic rings. The van der Waals surface area contributed by atoms with E-state index in [1.807, 2.05) is 0 Å². The zero-order valence-electron chi connectivity index (χ0n) is 9.56. The molecule has 0 bridgehead atoms. The van der Waals surface area contributed by atoms with Crippen molar-refractivity contribution in [3.63, 3.8) is 0 Å². The maximum absolute atomic E-state index is 2.44. The molecule has 0 nitrogen and oxygen atoms in total. The van der Waals surface area contributed by atoms with Crippen LogP contribution in [0.4, 0.5) is 0 Å². The highest BCUT2D eigenvalue weighted by Gasteiger charge is 2.21. The van der Waals surface area contributed by atoms with Crippen molar-refractivity contribution >= 4 is 0 Å². The minimum atomic E-state index is 0.793. The van der Waals surface area contributed by atoms with E-state index in [4.69, 9.17) is 0 Å². The Bertz CT molecular complexity index is 336. The van der Waals surface area contributed by atoms with Crippen molar-refractivity contribution in [3.8, 4) is 0 Å². The first-order chi connectivity index (χ1) is 6.76. The quantitative estimate of drug-likeness (QED) is 0.661. The van der Waals surface area contributed by atoms with Gasteiger partial charge in [-0.05, 0) is 53.9 Å². The number of hydrogen-bond donors (Lipinski definition) is 0. The van der Waals surface area contributed by atoms with Crippen molar-refractivity contribution in [3.05, 3.63) is 34.4 Å². The van der Waals surface area contributed by atoms with E-state index >= 15 is 0 Å². The van der Waals surface area contributed by atoms with Gasteiger partial charge in [-0.2, -0.15) is 0 Å². The lowest BCUT2D eigenvalue weighted by atomic mass is 9.94. The largest absolute Gasteiger partial charge is 0.0613 e. The van der Waals surface area contributed by atoms with E-state index in [1.54, 1.807) is 16.7 Å². The van der Waals surface area contributed by atoms with Gasteiger partial charge in [0, 0.05) is 0 Å². The van der Waals surface area contributed by atoms with E-state index in [2.05, 4.69) is 32.9 Å². The Morgan fingerprint density at radius 2 is 2.00 bits per heavy atom. The normalized spacial score (nSPS) is 19.8. The molecular weight excluding hydrogens is 168 g/mol. The lowest BCUT2D eigenvalue weighted by molar-refractivity contribution is 0.746.